The van der Waals surface area contributed by atoms with E-state index in [1.807, 2.05) is 31.2 Å². The smallest absolute Gasteiger partial charge is 0.217 e. The van der Waals surface area contributed by atoms with Crippen molar-refractivity contribution in [3.8, 4) is 5.75 Å². The summed E-state index contributed by atoms with van der Waals surface area (Å²) in [6.07, 6.45) is -0.153. The van der Waals surface area contributed by atoms with E-state index in [9.17, 15) is 0 Å². The van der Waals surface area contributed by atoms with E-state index in [0.29, 0.717) is 13.2 Å². The molecule has 0 amide bonds. The molecule has 0 aromatic heterocycles. The van der Waals surface area contributed by atoms with E-state index >= 15 is 0 Å². The fourth-order valence-corrected chi connectivity index (χ4v) is 1.37. The van der Waals surface area contributed by atoms with Crippen LogP contribution in [0.1, 0.15) is 6.92 Å². The van der Waals surface area contributed by atoms with Gasteiger partial charge in [0.25, 0.3) is 0 Å². The molecular formula is C10H13NO2. The van der Waals surface area contributed by atoms with Crippen molar-refractivity contribution in [1.29, 1.82) is 0 Å². The van der Waals surface area contributed by atoms with Crippen LogP contribution in [-0.4, -0.2) is 19.4 Å². The van der Waals surface area contributed by atoms with Gasteiger partial charge in [-0.15, -0.1) is 0 Å². The first-order valence-electron chi connectivity index (χ1n) is 4.51. The summed E-state index contributed by atoms with van der Waals surface area (Å²) in [5, 5.41) is 3.25. The van der Waals surface area contributed by atoms with Crippen LogP contribution in [-0.2, 0) is 4.74 Å². The maximum atomic E-state index is 5.59. The van der Waals surface area contributed by atoms with Gasteiger partial charge in [-0.3, -0.25) is 0 Å². The monoisotopic (exact) mass is 179 g/mol. The largest absolute Gasteiger partial charge is 0.461 e. The number of nitrogens with one attached hydrogen (secondary N) is 1. The molecule has 0 saturated carbocycles. The minimum atomic E-state index is -0.153. The highest BCUT2D eigenvalue weighted by atomic mass is 16.7. The van der Waals surface area contributed by atoms with E-state index in [-0.39, 0.29) is 6.29 Å². The van der Waals surface area contributed by atoms with Gasteiger partial charge in [0.15, 0.2) is 0 Å². The lowest BCUT2D eigenvalue weighted by Crippen LogP contribution is -2.33. The summed E-state index contributed by atoms with van der Waals surface area (Å²) < 4.78 is 10.9. The molecule has 0 spiro atoms. The van der Waals surface area contributed by atoms with Gasteiger partial charge in [-0.05, 0) is 19.1 Å². The third-order valence-electron chi connectivity index (χ3n) is 1.96. The Morgan fingerprint density at radius 1 is 1.54 bits per heavy atom. The Balaban J connectivity index is 2.11. The van der Waals surface area contributed by atoms with Crippen LogP contribution < -0.4 is 10.1 Å². The average Bonchev–Trinajstić information content (AvgIpc) is 2.18. The van der Waals surface area contributed by atoms with Gasteiger partial charge >= 0.3 is 0 Å². The molecule has 2 rings (SSSR count). The number of anilines is 1. The van der Waals surface area contributed by atoms with Crippen molar-refractivity contribution in [3.05, 3.63) is 24.3 Å². The third kappa shape index (κ3) is 1.75. The van der Waals surface area contributed by atoms with Crippen LogP contribution in [0.25, 0.3) is 0 Å². The van der Waals surface area contributed by atoms with Crippen LogP contribution in [0, 0.1) is 0 Å². The van der Waals surface area contributed by atoms with Gasteiger partial charge in [0.05, 0.1) is 12.2 Å². The standard InChI is InChI=1S/C10H13NO2/c1-2-12-10-7-11-8-5-3-4-6-9(8)13-10/h3-6,10-11H,2,7H2,1H3. The van der Waals surface area contributed by atoms with Crippen molar-refractivity contribution >= 4 is 5.69 Å². The Labute approximate surface area is 77.7 Å². The molecule has 3 heteroatoms. The summed E-state index contributed by atoms with van der Waals surface area (Å²) in [7, 11) is 0. The number of ether oxygens (including phenoxy) is 2. The maximum Gasteiger partial charge on any atom is 0.217 e. The van der Waals surface area contributed by atoms with Crippen LogP contribution in [0.15, 0.2) is 24.3 Å². The highest BCUT2D eigenvalue weighted by molar-refractivity contribution is 5.57. The topological polar surface area (TPSA) is 30.5 Å². The highest BCUT2D eigenvalue weighted by Crippen LogP contribution is 2.28. The summed E-state index contributed by atoms with van der Waals surface area (Å²) >= 11 is 0. The molecule has 3 nitrogen and oxygen atoms in total. The van der Waals surface area contributed by atoms with E-state index < -0.39 is 0 Å². The van der Waals surface area contributed by atoms with Crippen molar-refractivity contribution in [2.75, 3.05) is 18.5 Å². The highest BCUT2D eigenvalue weighted by Gasteiger charge is 2.17. The van der Waals surface area contributed by atoms with E-state index in [1.165, 1.54) is 0 Å². The van der Waals surface area contributed by atoms with Gasteiger partial charge < -0.3 is 14.8 Å². The SMILES string of the molecule is CCOC1CNc2ccccc2O1. The Kier molecular flexibility index (Phi) is 2.36. The minimum Gasteiger partial charge on any atom is -0.461 e. The normalized spacial score (nSPS) is 19.9. The number of benzene rings is 1. The molecule has 1 unspecified atom stereocenters. The molecule has 0 bridgehead atoms. The van der Waals surface area contributed by atoms with Crippen molar-refractivity contribution in [3.63, 3.8) is 0 Å². The van der Waals surface area contributed by atoms with Crippen molar-refractivity contribution in [2.24, 2.45) is 0 Å². The Morgan fingerprint density at radius 3 is 3.23 bits per heavy atom. The van der Waals surface area contributed by atoms with Crippen LogP contribution in [0.5, 0.6) is 5.75 Å². The first-order valence-corrected chi connectivity index (χ1v) is 4.51. The fraction of sp³-hybridized carbons (Fsp3) is 0.400. The number of para-hydroxylation sites is 2. The molecule has 1 aliphatic rings. The summed E-state index contributed by atoms with van der Waals surface area (Å²) in [5.41, 5.74) is 1.04. The van der Waals surface area contributed by atoms with Gasteiger partial charge in [-0.25, -0.2) is 0 Å². The van der Waals surface area contributed by atoms with Gasteiger partial charge in [0.1, 0.15) is 5.75 Å². The second-order valence-electron chi connectivity index (χ2n) is 2.88. The van der Waals surface area contributed by atoms with Gasteiger partial charge in [-0.2, -0.15) is 0 Å². The van der Waals surface area contributed by atoms with E-state index in [0.717, 1.165) is 11.4 Å². The Bertz CT molecular complexity index is 288. The molecule has 13 heavy (non-hydrogen) atoms. The number of rotatable bonds is 2. The van der Waals surface area contributed by atoms with E-state index in [1.54, 1.807) is 0 Å². The van der Waals surface area contributed by atoms with Crippen LogP contribution >= 0.6 is 0 Å². The molecule has 0 aliphatic carbocycles. The molecule has 1 atom stereocenters. The minimum absolute atomic E-state index is 0.153. The first kappa shape index (κ1) is 8.38. The quantitative estimate of drug-likeness (QED) is 0.751. The van der Waals surface area contributed by atoms with Crippen molar-refractivity contribution in [1.82, 2.24) is 0 Å². The predicted octanol–water partition coefficient (Wildman–Crippen LogP) is 1.85. The lowest BCUT2D eigenvalue weighted by atomic mass is 10.2. The molecule has 1 aromatic carbocycles. The van der Waals surface area contributed by atoms with Crippen molar-refractivity contribution < 1.29 is 9.47 Å². The molecule has 1 N–H and O–H groups in total. The molecule has 1 aromatic rings. The summed E-state index contributed by atoms with van der Waals surface area (Å²) in [5.74, 6) is 0.868. The number of hydrogen-bond donors (Lipinski definition) is 1. The Hall–Kier alpha value is -1.22. The maximum absolute atomic E-state index is 5.59. The van der Waals surface area contributed by atoms with Crippen LogP contribution in [0.3, 0.4) is 0 Å². The summed E-state index contributed by atoms with van der Waals surface area (Å²) in [4.78, 5) is 0. The Morgan fingerprint density at radius 2 is 2.38 bits per heavy atom. The zero-order valence-electron chi connectivity index (χ0n) is 7.62. The lowest BCUT2D eigenvalue weighted by Gasteiger charge is -2.26. The molecule has 0 saturated heterocycles. The number of hydrogen-bond acceptors (Lipinski definition) is 3. The van der Waals surface area contributed by atoms with Crippen LogP contribution in [0.2, 0.25) is 0 Å². The van der Waals surface area contributed by atoms with Gasteiger partial charge in [-0.1, -0.05) is 12.1 Å². The molecule has 1 heterocycles. The molecule has 70 valence electrons. The first-order chi connectivity index (χ1) is 6.40. The molecule has 1 aliphatic heterocycles. The predicted molar refractivity (Wildman–Crippen MR) is 51.0 cm³/mol. The second-order valence-corrected chi connectivity index (χ2v) is 2.88. The van der Waals surface area contributed by atoms with Gasteiger partial charge in [0.2, 0.25) is 6.29 Å². The average molecular weight is 179 g/mol. The van der Waals surface area contributed by atoms with E-state index in [2.05, 4.69) is 5.32 Å². The van der Waals surface area contributed by atoms with Crippen LogP contribution in [0.4, 0.5) is 5.69 Å². The second kappa shape index (κ2) is 3.66. The molecule has 0 fully saturated rings. The zero-order chi connectivity index (χ0) is 9.10. The van der Waals surface area contributed by atoms with Gasteiger partial charge in [0, 0.05) is 6.61 Å². The molecule has 0 radical (unpaired) electrons. The summed E-state index contributed by atoms with van der Waals surface area (Å²) in [6.45, 7) is 3.35. The van der Waals surface area contributed by atoms with Crippen molar-refractivity contribution in [2.45, 2.75) is 13.2 Å². The zero-order valence-corrected chi connectivity index (χ0v) is 7.62. The van der Waals surface area contributed by atoms with E-state index in [4.69, 9.17) is 9.47 Å². The third-order valence-corrected chi connectivity index (χ3v) is 1.96. The fourth-order valence-electron chi connectivity index (χ4n) is 1.37. The number of fused-ring (bicyclic) bond motifs is 1. The lowest BCUT2D eigenvalue weighted by molar-refractivity contribution is -0.0686. The summed E-state index contributed by atoms with van der Waals surface area (Å²) in [6, 6.07) is 7.87. The molecular weight excluding hydrogens is 166 g/mol.